The largest absolute Gasteiger partial charge is 0.590 e. The number of hydrogen-bond donors (Lipinski definition) is 4. The van der Waals surface area contributed by atoms with Crippen LogP contribution in [0.5, 0.6) is 0 Å². The van der Waals surface area contributed by atoms with E-state index in [0.717, 1.165) is 0 Å². The van der Waals surface area contributed by atoms with Crippen LogP contribution in [0.1, 0.15) is 27.7 Å². The van der Waals surface area contributed by atoms with Gasteiger partial charge in [-0.1, -0.05) is 0 Å². The predicted octanol–water partition coefficient (Wildman–Crippen LogP) is -0.768. The Morgan fingerprint density at radius 3 is 2.00 bits per heavy atom. The van der Waals surface area contributed by atoms with Crippen molar-refractivity contribution in [3.8, 4) is 0 Å². The van der Waals surface area contributed by atoms with Crippen molar-refractivity contribution in [2.45, 2.75) is 38.9 Å². The van der Waals surface area contributed by atoms with Crippen molar-refractivity contribution in [2.75, 3.05) is 0 Å². The second-order valence-corrected chi connectivity index (χ2v) is 3.98. The first-order valence-electron chi connectivity index (χ1n) is 4.14. The van der Waals surface area contributed by atoms with Crippen LogP contribution in [-0.4, -0.2) is 39.7 Å². The fraction of sp³-hybridized carbons (Fsp3) is 0.857. The van der Waals surface area contributed by atoms with Crippen LogP contribution in [0.25, 0.3) is 0 Å². The van der Waals surface area contributed by atoms with E-state index in [1.807, 2.05) is 0 Å². The number of carbonyl (C=O) groups excluding carboxylic acids is 1. The van der Waals surface area contributed by atoms with Gasteiger partial charge in [-0.3, -0.25) is 0 Å². The number of nitrogens with one attached hydrogen (secondary N) is 1. The summed E-state index contributed by atoms with van der Waals surface area (Å²) in [5, 5.41) is 28.1. The SMILES string of the molecule is CC(C)(O)C(C)(C)OC(=O)NB(O)O. The molecule has 0 aromatic carbocycles. The molecular formula is C7H16BNO5. The summed E-state index contributed by atoms with van der Waals surface area (Å²) in [4.78, 5) is 11.0. The number of aliphatic hydroxyl groups is 1. The highest BCUT2D eigenvalue weighted by atomic mass is 16.6. The third kappa shape index (κ3) is 3.95. The number of carbonyl (C=O) groups is 1. The van der Waals surface area contributed by atoms with E-state index in [0.29, 0.717) is 0 Å². The maximum atomic E-state index is 11.0. The molecule has 7 heteroatoms. The van der Waals surface area contributed by atoms with Crippen molar-refractivity contribution in [2.24, 2.45) is 0 Å². The second kappa shape index (κ2) is 4.16. The topological polar surface area (TPSA) is 99.0 Å². The lowest BCUT2D eigenvalue weighted by Gasteiger charge is -2.36. The highest BCUT2D eigenvalue weighted by molar-refractivity contribution is 6.41. The molecule has 14 heavy (non-hydrogen) atoms. The summed E-state index contributed by atoms with van der Waals surface area (Å²) >= 11 is 0. The number of amides is 1. The van der Waals surface area contributed by atoms with E-state index in [-0.39, 0.29) is 0 Å². The van der Waals surface area contributed by atoms with Crippen molar-refractivity contribution in [3.63, 3.8) is 0 Å². The van der Waals surface area contributed by atoms with Gasteiger partial charge in [0.2, 0.25) is 0 Å². The fourth-order valence-electron chi connectivity index (χ4n) is 0.492. The molecule has 0 unspecified atom stereocenters. The average molecular weight is 205 g/mol. The molecular weight excluding hydrogens is 189 g/mol. The van der Waals surface area contributed by atoms with Crippen molar-refractivity contribution < 1.29 is 24.7 Å². The van der Waals surface area contributed by atoms with Crippen LogP contribution in [0, 0.1) is 0 Å². The Labute approximate surface area is 83.1 Å². The standard InChI is InChI=1S/C7H16BNO5/c1-6(2,11)7(3,4)14-5(10)9-8(12)13/h11-13H,1-4H3,(H,9,10). The van der Waals surface area contributed by atoms with Gasteiger partial charge in [-0.2, -0.15) is 0 Å². The van der Waals surface area contributed by atoms with E-state index in [1.165, 1.54) is 27.7 Å². The molecule has 0 radical (unpaired) electrons. The summed E-state index contributed by atoms with van der Waals surface area (Å²) in [5.41, 5.74) is -2.36. The van der Waals surface area contributed by atoms with Crippen LogP contribution in [0.2, 0.25) is 0 Å². The maximum Gasteiger partial charge on any atom is 0.590 e. The average Bonchev–Trinajstić information content (AvgIpc) is 1.79. The highest BCUT2D eigenvalue weighted by Crippen LogP contribution is 2.24. The van der Waals surface area contributed by atoms with Crippen LogP contribution >= 0.6 is 0 Å². The molecule has 4 N–H and O–H groups in total. The molecule has 0 spiro atoms. The minimum atomic E-state index is -1.97. The van der Waals surface area contributed by atoms with E-state index >= 15 is 0 Å². The van der Waals surface area contributed by atoms with Gasteiger partial charge in [-0.15, -0.1) is 0 Å². The monoisotopic (exact) mass is 205 g/mol. The second-order valence-electron chi connectivity index (χ2n) is 3.98. The lowest BCUT2D eigenvalue weighted by atomic mass is 9.89. The summed E-state index contributed by atoms with van der Waals surface area (Å²) < 4.78 is 4.79. The molecule has 1 amide bonds. The Morgan fingerprint density at radius 2 is 1.71 bits per heavy atom. The van der Waals surface area contributed by atoms with Gasteiger partial charge in [-0.25, -0.2) is 4.79 Å². The molecule has 6 nitrogen and oxygen atoms in total. The van der Waals surface area contributed by atoms with Crippen molar-refractivity contribution in [1.29, 1.82) is 0 Å². The summed E-state index contributed by atoms with van der Waals surface area (Å²) in [5.74, 6) is 0. The summed E-state index contributed by atoms with van der Waals surface area (Å²) in [7, 11) is -1.97. The van der Waals surface area contributed by atoms with Crippen molar-refractivity contribution in [1.82, 2.24) is 5.23 Å². The molecule has 0 aromatic heterocycles. The minimum absolute atomic E-state index is 1.01. The molecule has 82 valence electrons. The first kappa shape index (κ1) is 13.2. The molecule has 0 aliphatic rings. The van der Waals surface area contributed by atoms with Gasteiger partial charge in [0.1, 0.15) is 5.60 Å². The Bertz CT molecular complexity index is 211. The van der Waals surface area contributed by atoms with Gasteiger partial charge in [0.05, 0.1) is 5.60 Å². The Balaban J connectivity index is 4.30. The zero-order chi connectivity index (χ0) is 11.6. The van der Waals surface area contributed by atoms with Gasteiger partial charge in [0, 0.05) is 0 Å². The third-order valence-corrected chi connectivity index (χ3v) is 2.07. The summed E-state index contributed by atoms with van der Waals surface area (Å²) in [6.45, 7) is 5.98. The Hall–Kier alpha value is -0.785. The normalized spacial score (nSPS) is 12.2. The lowest BCUT2D eigenvalue weighted by Crippen LogP contribution is -2.52. The molecule has 0 rings (SSSR count). The van der Waals surface area contributed by atoms with Gasteiger partial charge in [0.15, 0.2) is 0 Å². The van der Waals surface area contributed by atoms with E-state index < -0.39 is 24.5 Å². The van der Waals surface area contributed by atoms with Crippen LogP contribution in [0.3, 0.4) is 0 Å². The van der Waals surface area contributed by atoms with Crippen LogP contribution in [0.4, 0.5) is 4.79 Å². The van der Waals surface area contributed by atoms with Crippen LogP contribution in [0.15, 0.2) is 0 Å². The number of hydrogen-bond acceptors (Lipinski definition) is 5. The Morgan fingerprint density at radius 1 is 1.29 bits per heavy atom. The number of ether oxygens (including phenoxy) is 1. The molecule has 0 aromatic rings. The third-order valence-electron chi connectivity index (χ3n) is 2.07. The quantitative estimate of drug-likeness (QED) is 0.453. The molecule has 0 aliphatic heterocycles. The molecule has 0 heterocycles. The zero-order valence-electron chi connectivity index (χ0n) is 8.74. The van der Waals surface area contributed by atoms with Crippen LogP contribution < -0.4 is 5.23 Å². The van der Waals surface area contributed by atoms with E-state index in [4.69, 9.17) is 14.8 Å². The molecule has 0 saturated heterocycles. The van der Waals surface area contributed by atoms with E-state index in [2.05, 4.69) is 0 Å². The molecule has 0 saturated carbocycles. The van der Waals surface area contributed by atoms with Crippen LogP contribution in [-0.2, 0) is 4.74 Å². The van der Waals surface area contributed by atoms with Crippen molar-refractivity contribution >= 4 is 13.3 Å². The smallest absolute Gasteiger partial charge is 0.441 e. The maximum absolute atomic E-state index is 11.0. The summed E-state index contributed by atoms with van der Waals surface area (Å²) in [6.07, 6.45) is -1.01. The fourth-order valence-corrected chi connectivity index (χ4v) is 0.492. The van der Waals surface area contributed by atoms with E-state index in [1.54, 1.807) is 5.23 Å². The lowest BCUT2D eigenvalue weighted by molar-refractivity contribution is -0.111. The first-order chi connectivity index (χ1) is 6.06. The van der Waals surface area contributed by atoms with Crippen molar-refractivity contribution in [3.05, 3.63) is 0 Å². The predicted molar refractivity (Wildman–Crippen MR) is 50.2 cm³/mol. The first-order valence-corrected chi connectivity index (χ1v) is 4.14. The summed E-state index contributed by atoms with van der Waals surface area (Å²) in [6, 6.07) is 0. The molecule has 0 atom stereocenters. The Kier molecular flexibility index (Phi) is 3.93. The van der Waals surface area contributed by atoms with Gasteiger partial charge in [-0.05, 0) is 27.7 Å². The minimum Gasteiger partial charge on any atom is -0.441 e. The van der Waals surface area contributed by atoms with Gasteiger partial charge < -0.3 is 25.1 Å². The van der Waals surface area contributed by atoms with E-state index in [9.17, 15) is 9.90 Å². The highest BCUT2D eigenvalue weighted by Gasteiger charge is 2.39. The zero-order valence-corrected chi connectivity index (χ0v) is 8.74. The van der Waals surface area contributed by atoms with Gasteiger partial charge in [0.25, 0.3) is 0 Å². The molecule has 0 aliphatic carbocycles. The molecule has 0 bridgehead atoms. The number of rotatable bonds is 3. The molecule has 0 fully saturated rings. The van der Waals surface area contributed by atoms with Gasteiger partial charge >= 0.3 is 13.3 Å².